The Balaban J connectivity index is 1.52. The van der Waals surface area contributed by atoms with Gasteiger partial charge in [0.05, 0.1) is 10.2 Å². The van der Waals surface area contributed by atoms with Crippen LogP contribution in [0.15, 0.2) is 59.7 Å². The second-order valence-corrected chi connectivity index (χ2v) is 5.47. The third-order valence-electron chi connectivity index (χ3n) is 2.95. The van der Waals surface area contributed by atoms with Crippen LogP contribution in [0.2, 0.25) is 0 Å². The molecule has 0 aliphatic heterocycles. The number of aromatic nitrogens is 1. The summed E-state index contributed by atoms with van der Waals surface area (Å²) in [6.45, 7) is 0. The highest BCUT2D eigenvalue weighted by Gasteiger charge is 2.00. The molecule has 0 aliphatic rings. The number of aryl methyl sites for hydroxylation is 1. The number of anilines is 1. The number of para-hydroxylation sites is 1. The maximum atomic E-state index is 4.46. The predicted octanol–water partition coefficient (Wildman–Crippen LogP) is 4.33. The summed E-state index contributed by atoms with van der Waals surface area (Å²) in [5.41, 5.74) is 5.34. The second-order valence-electron chi connectivity index (χ2n) is 4.43. The number of benzene rings is 2. The Hall–Kier alpha value is -2.20. The minimum absolute atomic E-state index is 0.835. The highest BCUT2D eigenvalue weighted by Crippen LogP contribution is 2.25. The highest BCUT2D eigenvalue weighted by molar-refractivity contribution is 7.22. The lowest BCUT2D eigenvalue weighted by Gasteiger charge is -1.96. The molecule has 0 fully saturated rings. The van der Waals surface area contributed by atoms with E-state index in [2.05, 4.69) is 45.8 Å². The minimum atomic E-state index is 0.835. The third kappa shape index (κ3) is 3.22. The van der Waals surface area contributed by atoms with Crippen molar-refractivity contribution in [1.82, 2.24) is 4.98 Å². The largest absolute Gasteiger partial charge is 0.253 e. The average Bonchev–Trinajstić information content (AvgIpc) is 2.90. The molecule has 1 N–H and O–H groups in total. The molecule has 1 aromatic heterocycles. The first-order valence-electron chi connectivity index (χ1n) is 6.59. The van der Waals surface area contributed by atoms with Crippen molar-refractivity contribution in [3.63, 3.8) is 0 Å². The van der Waals surface area contributed by atoms with E-state index in [0.717, 1.165) is 23.5 Å². The molecule has 0 spiro atoms. The van der Waals surface area contributed by atoms with Crippen molar-refractivity contribution in [3.05, 3.63) is 60.2 Å². The summed E-state index contributed by atoms with van der Waals surface area (Å²) >= 11 is 1.62. The monoisotopic (exact) mass is 281 g/mol. The van der Waals surface area contributed by atoms with E-state index in [1.165, 1.54) is 10.3 Å². The fraction of sp³-hybridized carbons (Fsp3) is 0.125. The average molecular weight is 281 g/mol. The Morgan fingerprint density at radius 3 is 2.70 bits per heavy atom. The van der Waals surface area contributed by atoms with Crippen molar-refractivity contribution in [2.75, 3.05) is 5.43 Å². The highest BCUT2D eigenvalue weighted by atomic mass is 32.1. The molecule has 4 heteroatoms. The summed E-state index contributed by atoms with van der Waals surface area (Å²) in [4.78, 5) is 4.46. The SMILES string of the molecule is C(/CCc1ccccc1)=N/Nc1nc2ccccc2s1. The van der Waals surface area contributed by atoms with Gasteiger partial charge in [-0.2, -0.15) is 5.10 Å². The van der Waals surface area contributed by atoms with E-state index in [1.807, 2.05) is 30.5 Å². The molecule has 3 rings (SSSR count). The maximum Gasteiger partial charge on any atom is 0.204 e. The van der Waals surface area contributed by atoms with Crippen LogP contribution in [0.5, 0.6) is 0 Å². The number of hydrogen-bond donors (Lipinski definition) is 1. The number of nitrogens with one attached hydrogen (secondary N) is 1. The van der Waals surface area contributed by atoms with Crippen LogP contribution in [0.3, 0.4) is 0 Å². The molecule has 3 aromatic rings. The van der Waals surface area contributed by atoms with Crippen molar-refractivity contribution < 1.29 is 0 Å². The molecule has 0 saturated heterocycles. The molecule has 0 aliphatic carbocycles. The van der Waals surface area contributed by atoms with Crippen LogP contribution in [0.1, 0.15) is 12.0 Å². The zero-order valence-electron chi connectivity index (χ0n) is 11.0. The van der Waals surface area contributed by atoms with Crippen LogP contribution in [-0.2, 0) is 6.42 Å². The summed E-state index contributed by atoms with van der Waals surface area (Å²) in [5, 5.41) is 5.06. The van der Waals surface area contributed by atoms with Crippen LogP contribution >= 0.6 is 11.3 Å². The topological polar surface area (TPSA) is 37.3 Å². The van der Waals surface area contributed by atoms with E-state index in [9.17, 15) is 0 Å². The first-order chi connectivity index (χ1) is 9.92. The first kappa shape index (κ1) is 12.8. The summed E-state index contributed by atoms with van der Waals surface area (Å²) in [7, 11) is 0. The number of hydrogen-bond acceptors (Lipinski definition) is 4. The molecule has 2 aromatic carbocycles. The molecule has 0 atom stereocenters. The molecular weight excluding hydrogens is 266 g/mol. The van der Waals surface area contributed by atoms with Crippen LogP contribution in [0, 0.1) is 0 Å². The maximum absolute atomic E-state index is 4.46. The fourth-order valence-corrected chi connectivity index (χ4v) is 2.78. The molecule has 3 nitrogen and oxygen atoms in total. The molecule has 20 heavy (non-hydrogen) atoms. The van der Waals surface area contributed by atoms with Gasteiger partial charge in [-0.15, -0.1) is 0 Å². The van der Waals surface area contributed by atoms with Crippen molar-refractivity contribution in [2.45, 2.75) is 12.8 Å². The van der Waals surface area contributed by atoms with Gasteiger partial charge in [-0.1, -0.05) is 53.8 Å². The van der Waals surface area contributed by atoms with Gasteiger partial charge in [0.15, 0.2) is 0 Å². The number of nitrogens with zero attached hydrogens (tertiary/aromatic N) is 2. The molecule has 100 valence electrons. The Bertz CT molecular complexity index is 671. The van der Waals surface area contributed by atoms with Gasteiger partial charge in [-0.25, -0.2) is 4.98 Å². The first-order valence-corrected chi connectivity index (χ1v) is 7.40. The van der Waals surface area contributed by atoms with Crippen LogP contribution in [-0.4, -0.2) is 11.2 Å². The van der Waals surface area contributed by atoms with Gasteiger partial charge in [0.2, 0.25) is 5.13 Å². The lowest BCUT2D eigenvalue weighted by molar-refractivity contribution is 1.05. The second kappa shape index (κ2) is 6.30. The van der Waals surface area contributed by atoms with Crippen molar-refractivity contribution in [2.24, 2.45) is 5.10 Å². The van der Waals surface area contributed by atoms with E-state index >= 15 is 0 Å². The summed E-state index contributed by atoms with van der Waals surface area (Å²) < 4.78 is 1.18. The Kier molecular flexibility index (Phi) is 4.04. The van der Waals surface area contributed by atoms with E-state index in [-0.39, 0.29) is 0 Å². The molecule has 0 bridgehead atoms. The fourth-order valence-electron chi connectivity index (χ4n) is 1.96. The third-order valence-corrected chi connectivity index (χ3v) is 3.89. The number of fused-ring (bicyclic) bond motifs is 1. The smallest absolute Gasteiger partial charge is 0.204 e. The summed E-state index contributed by atoms with van der Waals surface area (Å²) in [5.74, 6) is 0. The van der Waals surface area contributed by atoms with E-state index in [4.69, 9.17) is 0 Å². The Morgan fingerprint density at radius 1 is 1.05 bits per heavy atom. The standard InChI is InChI=1S/C16H15N3S/c1-2-7-13(8-3-1)9-6-12-17-19-16-18-14-10-4-5-11-15(14)20-16/h1-5,7-8,10-12H,6,9H2,(H,18,19)/b17-12-. The summed E-state index contributed by atoms with van der Waals surface area (Å²) in [6, 6.07) is 18.5. The van der Waals surface area contributed by atoms with Crippen molar-refractivity contribution >= 4 is 32.9 Å². The lowest BCUT2D eigenvalue weighted by atomic mass is 10.1. The van der Waals surface area contributed by atoms with Crippen LogP contribution < -0.4 is 5.43 Å². The molecule has 0 amide bonds. The van der Waals surface area contributed by atoms with Gasteiger partial charge in [0.25, 0.3) is 0 Å². The van der Waals surface area contributed by atoms with Gasteiger partial charge in [0, 0.05) is 6.21 Å². The zero-order chi connectivity index (χ0) is 13.6. The van der Waals surface area contributed by atoms with E-state index in [0.29, 0.717) is 0 Å². The normalized spacial score (nSPS) is 11.2. The Labute approximate surface area is 122 Å². The quantitative estimate of drug-likeness (QED) is 0.558. The van der Waals surface area contributed by atoms with Gasteiger partial charge in [-0.05, 0) is 30.5 Å². The van der Waals surface area contributed by atoms with Gasteiger partial charge < -0.3 is 0 Å². The summed E-state index contributed by atoms with van der Waals surface area (Å²) in [6.07, 6.45) is 3.83. The van der Waals surface area contributed by atoms with Gasteiger partial charge >= 0.3 is 0 Å². The van der Waals surface area contributed by atoms with Crippen LogP contribution in [0.25, 0.3) is 10.2 Å². The predicted molar refractivity (Wildman–Crippen MR) is 86.5 cm³/mol. The number of thiazole rings is 1. The van der Waals surface area contributed by atoms with E-state index in [1.54, 1.807) is 11.3 Å². The van der Waals surface area contributed by atoms with Gasteiger partial charge in [0.1, 0.15) is 0 Å². The molecule has 1 heterocycles. The lowest BCUT2D eigenvalue weighted by Crippen LogP contribution is -1.90. The minimum Gasteiger partial charge on any atom is -0.253 e. The van der Waals surface area contributed by atoms with Crippen LogP contribution in [0.4, 0.5) is 5.13 Å². The molecule has 0 unspecified atom stereocenters. The van der Waals surface area contributed by atoms with Crippen molar-refractivity contribution in [3.8, 4) is 0 Å². The van der Waals surface area contributed by atoms with Crippen molar-refractivity contribution in [1.29, 1.82) is 0 Å². The number of hydrazone groups is 1. The molecule has 0 radical (unpaired) electrons. The molecular formula is C16H15N3S. The van der Waals surface area contributed by atoms with Gasteiger partial charge in [-0.3, -0.25) is 5.43 Å². The molecule has 0 saturated carbocycles. The van der Waals surface area contributed by atoms with E-state index < -0.39 is 0 Å². The number of rotatable bonds is 5. The zero-order valence-corrected chi connectivity index (χ0v) is 11.8. The Morgan fingerprint density at radius 2 is 1.85 bits per heavy atom.